The van der Waals surface area contributed by atoms with E-state index in [1.807, 2.05) is 6.92 Å². The molecule has 0 aliphatic rings. The van der Waals surface area contributed by atoms with E-state index in [9.17, 15) is 18.5 Å². The predicted octanol–water partition coefficient (Wildman–Crippen LogP) is 2.77. The number of fused-ring (bicyclic) bond motifs is 1. The second kappa shape index (κ2) is 5.39. The van der Waals surface area contributed by atoms with E-state index in [2.05, 4.69) is 31.1 Å². The average molecular weight is 397 g/mol. The fraction of sp³-hybridized carbons (Fsp3) is 0.0769. The van der Waals surface area contributed by atoms with Crippen molar-refractivity contribution in [2.24, 2.45) is 0 Å². The Morgan fingerprint density at radius 2 is 1.91 bits per heavy atom. The minimum absolute atomic E-state index is 0.0354. The standard InChI is InChI=1S/C13H9BrN4O4S/c1-7-2-4-8(5-3-7)23(21,22)11-9(18(19)20)6-15-13-10(11)12(14)16-17-13/h2-6H,1H3,(H,15,16,17). The lowest BCUT2D eigenvalue weighted by atomic mass is 10.2. The predicted molar refractivity (Wildman–Crippen MR) is 84.9 cm³/mol. The molecule has 10 heteroatoms. The number of halogens is 1. The van der Waals surface area contributed by atoms with E-state index in [4.69, 9.17) is 0 Å². The Balaban J connectivity index is 2.41. The summed E-state index contributed by atoms with van der Waals surface area (Å²) in [5.41, 5.74) is 0.358. The van der Waals surface area contributed by atoms with Gasteiger partial charge in [-0.25, -0.2) is 13.4 Å². The van der Waals surface area contributed by atoms with Gasteiger partial charge in [0.05, 0.1) is 15.2 Å². The van der Waals surface area contributed by atoms with E-state index in [0.717, 1.165) is 11.8 Å². The van der Waals surface area contributed by atoms with Gasteiger partial charge in [0.15, 0.2) is 10.5 Å². The normalized spacial score (nSPS) is 11.7. The molecular formula is C13H9BrN4O4S. The van der Waals surface area contributed by atoms with E-state index >= 15 is 0 Å². The molecule has 118 valence electrons. The second-order valence-corrected chi connectivity index (χ2v) is 7.46. The molecule has 1 N–H and O–H groups in total. The molecule has 0 aliphatic heterocycles. The van der Waals surface area contributed by atoms with E-state index in [1.54, 1.807) is 12.1 Å². The van der Waals surface area contributed by atoms with Gasteiger partial charge in [-0.15, -0.1) is 0 Å². The first kappa shape index (κ1) is 15.6. The van der Waals surface area contributed by atoms with Crippen molar-refractivity contribution in [3.8, 4) is 0 Å². The first-order chi connectivity index (χ1) is 10.8. The van der Waals surface area contributed by atoms with E-state index in [1.165, 1.54) is 12.1 Å². The fourth-order valence-corrected chi connectivity index (χ4v) is 4.34. The van der Waals surface area contributed by atoms with Crippen LogP contribution >= 0.6 is 15.9 Å². The second-order valence-electron chi connectivity index (χ2n) is 4.78. The number of hydrogen-bond acceptors (Lipinski definition) is 6. The van der Waals surface area contributed by atoms with Crippen LogP contribution in [0.15, 0.2) is 44.9 Å². The summed E-state index contributed by atoms with van der Waals surface area (Å²) in [4.78, 5) is 13.9. The number of hydrogen-bond donors (Lipinski definition) is 1. The first-order valence-corrected chi connectivity index (χ1v) is 8.58. The quantitative estimate of drug-likeness (QED) is 0.536. The zero-order valence-corrected chi connectivity index (χ0v) is 14.1. The van der Waals surface area contributed by atoms with Crippen LogP contribution < -0.4 is 0 Å². The topological polar surface area (TPSA) is 119 Å². The van der Waals surface area contributed by atoms with Gasteiger partial charge in [0.25, 0.3) is 0 Å². The Labute approximate surface area is 138 Å². The molecule has 0 atom stereocenters. The van der Waals surface area contributed by atoms with Gasteiger partial charge in [-0.3, -0.25) is 15.2 Å². The van der Waals surface area contributed by atoms with Crippen LogP contribution in [-0.4, -0.2) is 28.5 Å². The molecular weight excluding hydrogens is 388 g/mol. The van der Waals surface area contributed by atoms with E-state index in [0.29, 0.717) is 0 Å². The SMILES string of the molecule is Cc1ccc(S(=O)(=O)c2c([N+](=O)[O-])cnc3n[nH]c(Br)c23)cc1. The van der Waals surface area contributed by atoms with Gasteiger partial charge in [-0.05, 0) is 35.0 Å². The van der Waals surface area contributed by atoms with Crippen molar-refractivity contribution < 1.29 is 13.3 Å². The van der Waals surface area contributed by atoms with Gasteiger partial charge in [0.1, 0.15) is 10.8 Å². The van der Waals surface area contributed by atoms with Gasteiger partial charge >= 0.3 is 5.69 Å². The summed E-state index contributed by atoms with van der Waals surface area (Å²) in [5, 5.41) is 17.7. The Kier molecular flexibility index (Phi) is 3.65. The Morgan fingerprint density at radius 3 is 2.52 bits per heavy atom. The molecule has 0 radical (unpaired) electrons. The smallest absolute Gasteiger partial charge is 0.269 e. The summed E-state index contributed by atoms with van der Waals surface area (Å²) in [6, 6.07) is 6.08. The van der Waals surface area contributed by atoms with Gasteiger partial charge in [-0.1, -0.05) is 17.7 Å². The number of nitro groups is 1. The number of sulfone groups is 1. The molecule has 0 spiro atoms. The molecule has 1 aromatic carbocycles. The summed E-state index contributed by atoms with van der Waals surface area (Å²) in [5.74, 6) is 0. The number of aromatic nitrogens is 3. The highest BCUT2D eigenvalue weighted by Crippen LogP contribution is 2.37. The van der Waals surface area contributed by atoms with E-state index in [-0.39, 0.29) is 20.5 Å². The maximum atomic E-state index is 12.9. The number of nitrogens with one attached hydrogen (secondary N) is 1. The van der Waals surface area contributed by atoms with Crippen molar-refractivity contribution >= 4 is 42.5 Å². The molecule has 23 heavy (non-hydrogen) atoms. The van der Waals surface area contributed by atoms with Crippen LogP contribution in [0.25, 0.3) is 11.0 Å². The molecule has 0 bridgehead atoms. The van der Waals surface area contributed by atoms with Crippen molar-refractivity contribution in [3.63, 3.8) is 0 Å². The maximum absolute atomic E-state index is 12.9. The van der Waals surface area contributed by atoms with Crippen molar-refractivity contribution in [2.75, 3.05) is 0 Å². The van der Waals surface area contributed by atoms with Crippen LogP contribution in [0.5, 0.6) is 0 Å². The number of aromatic amines is 1. The lowest BCUT2D eigenvalue weighted by Gasteiger charge is -2.07. The highest BCUT2D eigenvalue weighted by atomic mass is 79.9. The van der Waals surface area contributed by atoms with Gasteiger partial charge in [-0.2, -0.15) is 5.10 Å². The molecule has 3 aromatic rings. The van der Waals surface area contributed by atoms with Crippen LogP contribution in [0.4, 0.5) is 5.69 Å². The Hall–Kier alpha value is -2.33. The molecule has 8 nitrogen and oxygen atoms in total. The van der Waals surface area contributed by atoms with Crippen LogP contribution in [0.1, 0.15) is 5.56 Å². The molecule has 2 aromatic heterocycles. The number of rotatable bonds is 3. The average Bonchev–Trinajstić information content (AvgIpc) is 2.88. The summed E-state index contributed by atoms with van der Waals surface area (Å²) >= 11 is 3.13. The number of nitrogens with zero attached hydrogens (tertiary/aromatic N) is 3. The highest BCUT2D eigenvalue weighted by Gasteiger charge is 2.33. The number of aryl methyl sites for hydroxylation is 1. The summed E-state index contributed by atoms with van der Waals surface area (Å²) in [7, 11) is -4.12. The highest BCUT2D eigenvalue weighted by molar-refractivity contribution is 9.10. The molecule has 0 aliphatic carbocycles. The summed E-state index contributed by atoms with van der Waals surface area (Å²) in [6.45, 7) is 1.82. The minimum atomic E-state index is -4.12. The van der Waals surface area contributed by atoms with Gasteiger partial charge in [0.2, 0.25) is 9.84 Å². The number of H-pyrrole nitrogens is 1. The van der Waals surface area contributed by atoms with E-state index < -0.39 is 25.3 Å². The zero-order valence-electron chi connectivity index (χ0n) is 11.6. The number of pyridine rings is 1. The third kappa shape index (κ3) is 2.49. The lowest BCUT2D eigenvalue weighted by molar-refractivity contribution is -0.387. The van der Waals surface area contributed by atoms with Crippen molar-refractivity contribution in [3.05, 3.63) is 50.7 Å². The van der Waals surface area contributed by atoms with Gasteiger partial charge in [0, 0.05) is 0 Å². The third-order valence-electron chi connectivity index (χ3n) is 3.27. The maximum Gasteiger partial charge on any atom is 0.307 e. The van der Waals surface area contributed by atoms with Crippen LogP contribution in [-0.2, 0) is 9.84 Å². The van der Waals surface area contributed by atoms with Crippen molar-refractivity contribution in [1.29, 1.82) is 0 Å². The van der Waals surface area contributed by atoms with Gasteiger partial charge < -0.3 is 0 Å². The number of benzene rings is 1. The molecule has 0 saturated heterocycles. The largest absolute Gasteiger partial charge is 0.307 e. The Bertz CT molecular complexity index is 1030. The Morgan fingerprint density at radius 1 is 1.26 bits per heavy atom. The summed E-state index contributed by atoms with van der Waals surface area (Å²) < 4.78 is 26.1. The first-order valence-electron chi connectivity index (χ1n) is 6.31. The minimum Gasteiger partial charge on any atom is -0.269 e. The van der Waals surface area contributed by atoms with Crippen LogP contribution in [0.3, 0.4) is 0 Å². The van der Waals surface area contributed by atoms with Crippen molar-refractivity contribution in [2.45, 2.75) is 16.7 Å². The lowest BCUT2D eigenvalue weighted by Crippen LogP contribution is -2.07. The molecule has 0 unspecified atom stereocenters. The monoisotopic (exact) mass is 396 g/mol. The zero-order chi connectivity index (χ0) is 16.8. The molecule has 0 fully saturated rings. The van der Waals surface area contributed by atoms with Crippen LogP contribution in [0.2, 0.25) is 0 Å². The molecule has 0 amide bonds. The molecule has 2 heterocycles. The third-order valence-corrected chi connectivity index (χ3v) is 5.69. The molecule has 3 rings (SSSR count). The summed E-state index contributed by atoms with van der Waals surface area (Å²) in [6.07, 6.45) is 0.899. The molecule has 0 saturated carbocycles. The van der Waals surface area contributed by atoms with Crippen LogP contribution in [0, 0.1) is 17.0 Å². The fourth-order valence-electron chi connectivity index (χ4n) is 2.15. The van der Waals surface area contributed by atoms with Crippen molar-refractivity contribution in [1.82, 2.24) is 15.2 Å².